The number of hydrogen-bond donors (Lipinski definition) is 1. The van der Waals surface area contributed by atoms with E-state index in [0.717, 1.165) is 13.0 Å². The van der Waals surface area contributed by atoms with Crippen molar-refractivity contribution in [1.82, 2.24) is 4.90 Å². The average molecular weight is 218 g/mol. The molecule has 1 aromatic carbocycles. The third-order valence-corrected chi connectivity index (χ3v) is 3.68. The molecule has 2 unspecified atom stereocenters. The van der Waals surface area contributed by atoms with E-state index in [4.69, 9.17) is 5.73 Å². The number of aryl methyl sites for hydroxylation is 2. The summed E-state index contributed by atoms with van der Waals surface area (Å²) in [7, 11) is 2.19. The summed E-state index contributed by atoms with van der Waals surface area (Å²) in [6.45, 7) is 5.49. The Morgan fingerprint density at radius 3 is 2.75 bits per heavy atom. The molecule has 0 aliphatic carbocycles. The molecular formula is C14H22N2. The zero-order chi connectivity index (χ0) is 11.7. The van der Waals surface area contributed by atoms with E-state index in [0.29, 0.717) is 6.04 Å². The first-order valence-corrected chi connectivity index (χ1v) is 6.12. The lowest BCUT2D eigenvalue weighted by atomic mass is 9.88. The van der Waals surface area contributed by atoms with E-state index in [1.807, 2.05) is 0 Å². The fourth-order valence-corrected chi connectivity index (χ4v) is 2.75. The van der Waals surface area contributed by atoms with Gasteiger partial charge >= 0.3 is 0 Å². The van der Waals surface area contributed by atoms with Crippen LogP contribution in [0.3, 0.4) is 0 Å². The topological polar surface area (TPSA) is 29.3 Å². The molecule has 2 N–H and O–H groups in total. The Morgan fingerprint density at radius 2 is 2.06 bits per heavy atom. The maximum absolute atomic E-state index is 6.28. The quantitative estimate of drug-likeness (QED) is 0.784. The van der Waals surface area contributed by atoms with Gasteiger partial charge in [-0.05, 0) is 51.4 Å². The van der Waals surface area contributed by atoms with E-state index in [9.17, 15) is 0 Å². The largest absolute Gasteiger partial charge is 0.326 e. The number of likely N-dealkylation sites (tertiary alicyclic amines) is 1. The van der Waals surface area contributed by atoms with Crippen LogP contribution in [0.2, 0.25) is 0 Å². The molecule has 2 atom stereocenters. The first kappa shape index (κ1) is 11.6. The minimum atomic E-state index is 0.277. The number of nitrogens with two attached hydrogens (primary N) is 1. The van der Waals surface area contributed by atoms with Crippen LogP contribution >= 0.6 is 0 Å². The maximum atomic E-state index is 6.28. The summed E-state index contributed by atoms with van der Waals surface area (Å²) >= 11 is 0. The highest BCUT2D eigenvalue weighted by atomic mass is 15.2. The Bertz CT molecular complexity index is 363. The molecule has 2 nitrogen and oxygen atoms in total. The molecule has 88 valence electrons. The van der Waals surface area contributed by atoms with Gasteiger partial charge in [0.25, 0.3) is 0 Å². The van der Waals surface area contributed by atoms with Crippen molar-refractivity contribution in [3.05, 3.63) is 34.9 Å². The predicted molar refractivity (Wildman–Crippen MR) is 68.5 cm³/mol. The van der Waals surface area contributed by atoms with Gasteiger partial charge in [0, 0.05) is 12.1 Å². The highest BCUT2D eigenvalue weighted by molar-refractivity contribution is 5.34. The maximum Gasteiger partial charge on any atom is 0.0499 e. The number of piperidine rings is 1. The van der Waals surface area contributed by atoms with Gasteiger partial charge in [0.2, 0.25) is 0 Å². The van der Waals surface area contributed by atoms with Crippen molar-refractivity contribution in [1.29, 1.82) is 0 Å². The molecule has 0 aromatic heterocycles. The fourth-order valence-electron chi connectivity index (χ4n) is 2.75. The second-order valence-corrected chi connectivity index (χ2v) is 5.09. The Morgan fingerprint density at radius 1 is 1.31 bits per heavy atom. The lowest BCUT2D eigenvalue weighted by Gasteiger charge is -2.38. The molecule has 1 heterocycles. The lowest BCUT2D eigenvalue weighted by molar-refractivity contribution is 0.162. The van der Waals surface area contributed by atoms with Crippen LogP contribution in [-0.2, 0) is 0 Å². The smallest absolute Gasteiger partial charge is 0.0499 e. The van der Waals surface area contributed by atoms with E-state index < -0.39 is 0 Å². The highest BCUT2D eigenvalue weighted by Crippen LogP contribution is 2.31. The number of hydrogen-bond acceptors (Lipinski definition) is 2. The van der Waals surface area contributed by atoms with Crippen molar-refractivity contribution in [3.63, 3.8) is 0 Å². The third-order valence-electron chi connectivity index (χ3n) is 3.68. The lowest BCUT2D eigenvalue weighted by Crippen LogP contribution is -2.44. The summed E-state index contributed by atoms with van der Waals surface area (Å²) in [5.41, 5.74) is 10.4. The molecule has 0 bridgehead atoms. The summed E-state index contributed by atoms with van der Waals surface area (Å²) in [6.07, 6.45) is 2.36. The summed E-state index contributed by atoms with van der Waals surface area (Å²) in [6, 6.07) is 7.35. The van der Waals surface area contributed by atoms with E-state index in [1.54, 1.807) is 0 Å². The van der Waals surface area contributed by atoms with Crippen molar-refractivity contribution < 1.29 is 0 Å². The van der Waals surface area contributed by atoms with Gasteiger partial charge in [-0.2, -0.15) is 0 Å². The molecule has 0 amide bonds. The summed E-state index contributed by atoms with van der Waals surface area (Å²) < 4.78 is 0. The van der Waals surface area contributed by atoms with Gasteiger partial charge in [-0.25, -0.2) is 0 Å². The summed E-state index contributed by atoms with van der Waals surface area (Å²) in [5, 5.41) is 0. The van der Waals surface area contributed by atoms with Gasteiger partial charge in [-0.1, -0.05) is 23.8 Å². The highest BCUT2D eigenvalue weighted by Gasteiger charge is 2.28. The van der Waals surface area contributed by atoms with Crippen LogP contribution in [0.4, 0.5) is 0 Å². The standard InChI is InChI=1S/C14H22N2/c1-10-6-7-11(2)12(9-10)14-13(15)5-4-8-16(14)3/h6-7,9,13-14H,4-5,8,15H2,1-3H3. The van der Waals surface area contributed by atoms with E-state index in [2.05, 4.69) is 44.0 Å². The van der Waals surface area contributed by atoms with Crippen LogP contribution in [0.25, 0.3) is 0 Å². The number of likely N-dealkylation sites (N-methyl/N-ethyl adjacent to an activating group) is 1. The van der Waals surface area contributed by atoms with E-state index >= 15 is 0 Å². The Balaban J connectivity index is 2.37. The molecule has 1 aromatic rings. The molecule has 2 rings (SSSR count). The zero-order valence-corrected chi connectivity index (χ0v) is 10.5. The van der Waals surface area contributed by atoms with Crippen molar-refractivity contribution in [2.45, 2.75) is 38.8 Å². The minimum absolute atomic E-state index is 0.277. The van der Waals surface area contributed by atoms with Gasteiger partial charge in [0.1, 0.15) is 0 Å². The average Bonchev–Trinajstić information content (AvgIpc) is 2.23. The Kier molecular flexibility index (Phi) is 3.31. The van der Waals surface area contributed by atoms with E-state index in [1.165, 1.54) is 23.1 Å². The van der Waals surface area contributed by atoms with Gasteiger partial charge in [-0.15, -0.1) is 0 Å². The second kappa shape index (κ2) is 4.56. The van der Waals surface area contributed by atoms with Crippen molar-refractivity contribution in [3.8, 4) is 0 Å². The van der Waals surface area contributed by atoms with Crippen LogP contribution in [0.1, 0.15) is 35.6 Å². The molecule has 16 heavy (non-hydrogen) atoms. The molecule has 1 fully saturated rings. The number of rotatable bonds is 1. The van der Waals surface area contributed by atoms with E-state index in [-0.39, 0.29) is 6.04 Å². The summed E-state index contributed by atoms with van der Waals surface area (Å²) in [5.74, 6) is 0. The summed E-state index contributed by atoms with van der Waals surface area (Å²) in [4.78, 5) is 2.40. The van der Waals surface area contributed by atoms with Crippen LogP contribution < -0.4 is 5.73 Å². The van der Waals surface area contributed by atoms with Crippen LogP contribution in [0, 0.1) is 13.8 Å². The fraction of sp³-hybridized carbons (Fsp3) is 0.571. The van der Waals surface area contributed by atoms with Crippen molar-refractivity contribution >= 4 is 0 Å². The predicted octanol–water partition coefficient (Wildman–Crippen LogP) is 2.40. The van der Waals surface area contributed by atoms with Gasteiger partial charge < -0.3 is 5.73 Å². The molecule has 0 saturated carbocycles. The van der Waals surface area contributed by atoms with Crippen LogP contribution in [0.15, 0.2) is 18.2 Å². The molecule has 0 radical (unpaired) electrons. The normalized spacial score (nSPS) is 27.0. The molecular weight excluding hydrogens is 196 g/mol. The molecule has 0 spiro atoms. The zero-order valence-electron chi connectivity index (χ0n) is 10.5. The monoisotopic (exact) mass is 218 g/mol. The van der Waals surface area contributed by atoms with Gasteiger partial charge in [-0.3, -0.25) is 4.90 Å². The number of benzene rings is 1. The molecule has 1 aliphatic heterocycles. The van der Waals surface area contributed by atoms with Gasteiger partial charge in [0.15, 0.2) is 0 Å². The van der Waals surface area contributed by atoms with Crippen molar-refractivity contribution in [2.75, 3.05) is 13.6 Å². The second-order valence-electron chi connectivity index (χ2n) is 5.09. The Hall–Kier alpha value is -0.860. The number of nitrogens with zero attached hydrogens (tertiary/aromatic N) is 1. The van der Waals surface area contributed by atoms with Crippen molar-refractivity contribution in [2.24, 2.45) is 5.73 Å². The van der Waals surface area contributed by atoms with Crippen LogP contribution in [-0.4, -0.2) is 24.5 Å². The first-order chi connectivity index (χ1) is 7.59. The minimum Gasteiger partial charge on any atom is -0.326 e. The molecule has 2 heteroatoms. The molecule has 1 aliphatic rings. The third kappa shape index (κ3) is 2.13. The Labute approximate surface area is 98.4 Å². The molecule has 1 saturated heterocycles. The van der Waals surface area contributed by atoms with Crippen LogP contribution in [0.5, 0.6) is 0 Å². The first-order valence-electron chi connectivity index (χ1n) is 6.12. The van der Waals surface area contributed by atoms with Gasteiger partial charge in [0.05, 0.1) is 0 Å². The SMILES string of the molecule is Cc1ccc(C)c(C2C(N)CCCN2C)c1.